The summed E-state index contributed by atoms with van der Waals surface area (Å²) in [6, 6.07) is 16.7. The summed E-state index contributed by atoms with van der Waals surface area (Å²) in [4.78, 5) is 41.5. The summed E-state index contributed by atoms with van der Waals surface area (Å²) in [5.74, 6) is 0.209. The second-order valence-electron chi connectivity index (χ2n) is 9.62. The molecule has 3 amide bonds. The Kier molecular flexibility index (Phi) is 9.52. The number of para-hydroxylation sites is 1. The molecule has 1 aliphatic rings. The molecule has 40 heavy (non-hydrogen) atoms. The Bertz CT molecular complexity index is 1340. The van der Waals surface area contributed by atoms with Crippen molar-refractivity contribution in [3.8, 4) is 11.5 Å². The van der Waals surface area contributed by atoms with Crippen LogP contribution in [-0.4, -0.2) is 61.3 Å². The predicted molar refractivity (Wildman–Crippen MR) is 153 cm³/mol. The van der Waals surface area contributed by atoms with Crippen LogP contribution in [-0.2, 0) is 14.3 Å². The van der Waals surface area contributed by atoms with Crippen LogP contribution < -0.4 is 21.1 Å². The molecule has 2 aromatic carbocycles. The van der Waals surface area contributed by atoms with E-state index in [1.807, 2.05) is 37.3 Å². The average molecular weight is 564 g/mol. The Labute approximate surface area is 237 Å². The summed E-state index contributed by atoms with van der Waals surface area (Å²) >= 11 is 1.41. The van der Waals surface area contributed by atoms with Gasteiger partial charge in [-0.25, -0.2) is 0 Å². The van der Waals surface area contributed by atoms with Gasteiger partial charge in [-0.1, -0.05) is 18.2 Å². The fourth-order valence-electron chi connectivity index (χ4n) is 4.56. The molecule has 3 aromatic rings. The zero-order chi connectivity index (χ0) is 28.6. The van der Waals surface area contributed by atoms with Crippen molar-refractivity contribution in [2.45, 2.75) is 25.4 Å². The van der Waals surface area contributed by atoms with Gasteiger partial charge in [0.2, 0.25) is 11.8 Å². The standard InChI is InChI=1S/C29H33N5O5S/c1-18(25-13-21(17-40-25)27(30)31)33-29(37)24-12-19(16-38-2)15-34(24)26(35)14-32-28(36)20-8-10-23(11-9-20)39-22-6-4-3-5-7-22/h3-11,13,17-19,24H,12,14-16H2,1-2H3,(H3,30,31)(H,32,36)(H,33,37)/t18-,19+,24+/m1/s1. The summed E-state index contributed by atoms with van der Waals surface area (Å²) < 4.78 is 11.0. The van der Waals surface area contributed by atoms with Crippen LogP contribution in [0.3, 0.4) is 0 Å². The minimum Gasteiger partial charge on any atom is -0.457 e. The molecule has 1 fully saturated rings. The molecule has 0 spiro atoms. The van der Waals surface area contributed by atoms with Gasteiger partial charge >= 0.3 is 0 Å². The van der Waals surface area contributed by atoms with Gasteiger partial charge in [0, 0.05) is 41.0 Å². The Hall–Kier alpha value is -4.22. The minimum absolute atomic E-state index is 0.00100. The molecule has 5 N–H and O–H groups in total. The number of nitrogens with one attached hydrogen (secondary N) is 3. The van der Waals surface area contributed by atoms with Gasteiger partial charge in [0.25, 0.3) is 5.91 Å². The lowest BCUT2D eigenvalue weighted by Crippen LogP contribution is -2.49. The second-order valence-corrected chi connectivity index (χ2v) is 10.6. The number of benzene rings is 2. The van der Waals surface area contributed by atoms with Gasteiger partial charge in [0.15, 0.2) is 0 Å². The fraction of sp³-hybridized carbons (Fsp3) is 0.310. The summed E-state index contributed by atoms with van der Waals surface area (Å²) in [7, 11) is 1.58. The van der Waals surface area contributed by atoms with Crippen LogP contribution in [0.1, 0.15) is 40.2 Å². The average Bonchev–Trinajstić information content (AvgIpc) is 3.61. The smallest absolute Gasteiger partial charge is 0.251 e. The number of thiophene rings is 1. The van der Waals surface area contributed by atoms with Crippen molar-refractivity contribution in [2.75, 3.05) is 26.8 Å². The molecule has 0 radical (unpaired) electrons. The molecule has 4 rings (SSSR count). The van der Waals surface area contributed by atoms with Crippen LogP contribution in [0.2, 0.25) is 0 Å². The van der Waals surface area contributed by atoms with E-state index in [1.165, 1.54) is 16.2 Å². The van der Waals surface area contributed by atoms with E-state index >= 15 is 0 Å². The van der Waals surface area contributed by atoms with Gasteiger partial charge < -0.3 is 30.7 Å². The zero-order valence-electron chi connectivity index (χ0n) is 22.4. The number of carbonyl (C=O) groups excluding carboxylic acids is 3. The zero-order valence-corrected chi connectivity index (χ0v) is 23.2. The van der Waals surface area contributed by atoms with E-state index < -0.39 is 11.9 Å². The topological polar surface area (TPSA) is 147 Å². The number of nitrogens with two attached hydrogens (primary N) is 1. The molecule has 2 heterocycles. The van der Waals surface area contributed by atoms with E-state index in [4.69, 9.17) is 20.6 Å². The van der Waals surface area contributed by atoms with E-state index in [1.54, 1.807) is 42.8 Å². The number of likely N-dealkylation sites (tertiary alicyclic amines) is 1. The van der Waals surface area contributed by atoms with Crippen LogP contribution in [0, 0.1) is 11.3 Å². The van der Waals surface area contributed by atoms with Crippen LogP contribution >= 0.6 is 11.3 Å². The highest BCUT2D eigenvalue weighted by molar-refractivity contribution is 7.10. The SMILES string of the molecule is COC[C@H]1C[C@@H](C(=O)N[C@H](C)c2cc(C(=N)N)cs2)N(C(=O)CNC(=O)c2ccc(Oc3ccccc3)cc2)C1. The first-order chi connectivity index (χ1) is 19.2. The predicted octanol–water partition coefficient (Wildman–Crippen LogP) is 3.30. The Morgan fingerprint density at radius 2 is 1.80 bits per heavy atom. The number of amidine groups is 1. The van der Waals surface area contributed by atoms with Gasteiger partial charge in [-0.2, -0.15) is 0 Å². The lowest BCUT2D eigenvalue weighted by molar-refractivity contribution is -0.138. The molecular formula is C29H33N5O5S. The quantitative estimate of drug-likeness (QED) is 0.208. The van der Waals surface area contributed by atoms with Gasteiger partial charge in [-0.05, 0) is 55.8 Å². The molecule has 210 valence electrons. The van der Waals surface area contributed by atoms with Crippen molar-refractivity contribution in [1.29, 1.82) is 5.41 Å². The molecule has 0 bridgehead atoms. The maximum Gasteiger partial charge on any atom is 0.251 e. The number of methoxy groups -OCH3 is 1. The van der Waals surface area contributed by atoms with E-state index in [0.29, 0.717) is 42.2 Å². The highest BCUT2D eigenvalue weighted by atomic mass is 32.1. The van der Waals surface area contributed by atoms with Crippen LogP contribution in [0.15, 0.2) is 66.0 Å². The molecule has 10 nitrogen and oxygen atoms in total. The van der Waals surface area contributed by atoms with E-state index in [2.05, 4.69) is 10.6 Å². The number of carbonyl (C=O) groups is 3. The number of rotatable bonds is 11. The van der Waals surface area contributed by atoms with Crippen LogP contribution in [0.4, 0.5) is 0 Å². The molecule has 0 saturated carbocycles. The number of hydrogen-bond acceptors (Lipinski definition) is 7. The normalized spacial score (nSPS) is 17.2. The molecule has 1 aliphatic heterocycles. The van der Waals surface area contributed by atoms with E-state index in [0.717, 1.165) is 4.88 Å². The fourth-order valence-corrected chi connectivity index (χ4v) is 5.48. The minimum atomic E-state index is -0.686. The Balaban J connectivity index is 1.35. The summed E-state index contributed by atoms with van der Waals surface area (Å²) in [6.45, 7) is 2.37. The van der Waals surface area contributed by atoms with E-state index in [9.17, 15) is 14.4 Å². The Morgan fingerprint density at radius 1 is 1.10 bits per heavy atom. The van der Waals surface area contributed by atoms with Crippen molar-refractivity contribution in [2.24, 2.45) is 11.7 Å². The van der Waals surface area contributed by atoms with Crippen molar-refractivity contribution >= 4 is 34.9 Å². The first kappa shape index (κ1) is 28.8. The van der Waals surface area contributed by atoms with Gasteiger partial charge in [0.1, 0.15) is 23.4 Å². The monoisotopic (exact) mass is 563 g/mol. The largest absolute Gasteiger partial charge is 0.457 e. The third-order valence-corrected chi connectivity index (χ3v) is 7.74. The summed E-state index contributed by atoms with van der Waals surface area (Å²) in [5.41, 5.74) is 6.55. The van der Waals surface area contributed by atoms with Crippen molar-refractivity contribution in [3.63, 3.8) is 0 Å². The summed E-state index contributed by atoms with van der Waals surface area (Å²) in [5, 5.41) is 15.0. The van der Waals surface area contributed by atoms with Gasteiger partial charge in [0.05, 0.1) is 19.2 Å². The Morgan fingerprint density at radius 3 is 2.45 bits per heavy atom. The third-order valence-electron chi connectivity index (χ3n) is 6.62. The van der Waals surface area contributed by atoms with Gasteiger partial charge in [-0.15, -0.1) is 11.3 Å². The molecule has 0 aliphatic carbocycles. The highest BCUT2D eigenvalue weighted by Crippen LogP contribution is 2.27. The number of hydrogen-bond donors (Lipinski definition) is 4. The lowest BCUT2D eigenvalue weighted by Gasteiger charge is -2.25. The highest BCUT2D eigenvalue weighted by Gasteiger charge is 2.39. The first-order valence-electron chi connectivity index (χ1n) is 12.9. The number of nitrogens with zero attached hydrogens (tertiary/aromatic N) is 1. The van der Waals surface area contributed by atoms with E-state index in [-0.39, 0.29) is 36.2 Å². The maximum absolute atomic E-state index is 13.2. The first-order valence-corrected chi connectivity index (χ1v) is 13.8. The molecular weight excluding hydrogens is 530 g/mol. The number of amides is 3. The van der Waals surface area contributed by atoms with Crippen molar-refractivity contribution in [1.82, 2.24) is 15.5 Å². The summed E-state index contributed by atoms with van der Waals surface area (Å²) in [6.07, 6.45) is 0.456. The lowest BCUT2D eigenvalue weighted by atomic mass is 10.1. The van der Waals surface area contributed by atoms with Crippen molar-refractivity contribution in [3.05, 3.63) is 82.0 Å². The molecule has 0 unspecified atom stereocenters. The third kappa shape index (κ3) is 7.25. The van der Waals surface area contributed by atoms with Crippen LogP contribution in [0.25, 0.3) is 0 Å². The van der Waals surface area contributed by atoms with Crippen LogP contribution in [0.5, 0.6) is 11.5 Å². The molecule has 1 saturated heterocycles. The molecule has 11 heteroatoms. The van der Waals surface area contributed by atoms with Crippen molar-refractivity contribution < 1.29 is 23.9 Å². The number of ether oxygens (including phenoxy) is 2. The molecule has 3 atom stereocenters. The molecule has 1 aromatic heterocycles. The second kappa shape index (κ2) is 13.2. The van der Waals surface area contributed by atoms with Gasteiger partial charge in [-0.3, -0.25) is 19.8 Å². The maximum atomic E-state index is 13.2. The number of nitrogen functional groups attached to an aromatic ring is 1.